The topological polar surface area (TPSA) is 72.7 Å². The van der Waals surface area contributed by atoms with Gasteiger partial charge in [-0.15, -0.1) is 0 Å². The molecule has 2 aromatic carbocycles. The largest absolute Gasteiger partial charge is 0.445 e. The minimum absolute atomic E-state index is 0.0574. The average Bonchev–Trinajstić information content (AvgIpc) is 2.67. The Balaban J connectivity index is 1.67. The minimum Gasteiger partial charge on any atom is -0.445 e. The average molecular weight is 352 g/mol. The Labute approximate surface area is 151 Å². The molecule has 1 amide bonds. The van der Waals surface area contributed by atoms with E-state index < -0.39 is 4.92 Å². The number of nitro benzene ring substituents is 1. The van der Waals surface area contributed by atoms with Crippen LogP contribution in [0, 0.1) is 10.1 Å². The van der Waals surface area contributed by atoms with Crippen LogP contribution in [0.2, 0.25) is 0 Å². The van der Waals surface area contributed by atoms with E-state index in [1.165, 1.54) is 17.7 Å². The molecule has 0 atom stereocenters. The monoisotopic (exact) mass is 352 g/mol. The van der Waals surface area contributed by atoms with Crippen molar-refractivity contribution in [3.05, 3.63) is 81.4 Å². The molecule has 26 heavy (non-hydrogen) atoms. The maximum absolute atomic E-state index is 12.4. The van der Waals surface area contributed by atoms with E-state index in [1.54, 1.807) is 17.0 Å². The highest BCUT2D eigenvalue weighted by atomic mass is 16.6. The SMILES string of the molecule is CC1=C(c2ccc([N+](=O)[O-])cc2)CN(C(=O)OCc2ccccc2)CC1. The molecule has 6 nitrogen and oxygen atoms in total. The fourth-order valence-corrected chi connectivity index (χ4v) is 2.95. The van der Waals surface area contributed by atoms with Crippen LogP contribution in [-0.4, -0.2) is 29.0 Å². The summed E-state index contributed by atoms with van der Waals surface area (Å²) in [6, 6.07) is 16.0. The van der Waals surface area contributed by atoms with Gasteiger partial charge in [0.2, 0.25) is 0 Å². The third-order valence-electron chi connectivity index (χ3n) is 4.51. The van der Waals surface area contributed by atoms with E-state index in [-0.39, 0.29) is 18.4 Å². The van der Waals surface area contributed by atoms with E-state index in [0.717, 1.165) is 23.1 Å². The number of ether oxygens (including phenoxy) is 1. The van der Waals surface area contributed by atoms with Gasteiger partial charge in [0.05, 0.1) is 4.92 Å². The summed E-state index contributed by atoms with van der Waals surface area (Å²) in [5.74, 6) is 0. The smallest absolute Gasteiger partial charge is 0.410 e. The van der Waals surface area contributed by atoms with Crippen molar-refractivity contribution in [2.24, 2.45) is 0 Å². The van der Waals surface area contributed by atoms with Crippen molar-refractivity contribution in [2.45, 2.75) is 20.0 Å². The Kier molecular flexibility index (Phi) is 5.31. The first kappa shape index (κ1) is 17.7. The highest BCUT2D eigenvalue weighted by Crippen LogP contribution is 2.28. The van der Waals surface area contributed by atoms with Gasteiger partial charge in [-0.05, 0) is 42.2 Å². The Morgan fingerprint density at radius 1 is 1.15 bits per heavy atom. The third-order valence-corrected chi connectivity index (χ3v) is 4.51. The lowest BCUT2D eigenvalue weighted by Gasteiger charge is -2.29. The van der Waals surface area contributed by atoms with E-state index in [0.29, 0.717) is 13.1 Å². The molecular formula is C20H20N2O4. The van der Waals surface area contributed by atoms with Gasteiger partial charge in [-0.1, -0.05) is 35.9 Å². The van der Waals surface area contributed by atoms with Gasteiger partial charge in [-0.2, -0.15) is 0 Å². The molecule has 1 aliphatic rings. The van der Waals surface area contributed by atoms with Crippen LogP contribution >= 0.6 is 0 Å². The number of benzene rings is 2. The summed E-state index contributed by atoms with van der Waals surface area (Å²) in [6.07, 6.45) is 0.410. The van der Waals surface area contributed by atoms with Gasteiger partial charge < -0.3 is 9.64 Å². The summed E-state index contributed by atoms with van der Waals surface area (Å²) in [7, 11) is 0. The molecule has 0 radical (unpaired) electrons. The summed E-state index contributed by atoms with van der Waals surface area (Å²) >= 11 is 0. The lowest BCUT2D eigenvalue weighted by Crippen LogP contribution is -2.36. The van der Waals surface area contributed by atoms with Gasteiger partial charge in [-0.25, -0.2) is 4.79 Å². The van der Waals surface area contributed by atoms with Crippen LogP contribution in [0.3, 0.4) is 0 Å². The van der Waals surface area contributed by atoms with Gasteiger partial charge in [0, 0.05) is 25.2 Å². The van der Waals surface area contributed by atoms with Crippen molar-refractivity contribution in [3.63, 3.8) is 0 Å². The number of amides is 1. The molecule has 0 unspecified atom stereocenters. The zero-order valence-corrected chi connectivity index (χ0v) is 14.6. The molecule has 1 aliphatic heterocycles. The predicted octanol–water partition coefficient (Wildman–Crippen LogP) is 4.41. The number of carbonyl (C=O) groups is 1. The summed E-state index contributed by atoms with van der Waals surface area (Å²) in [4.78, 5) is 24.5. The first-order chi connectivity index (χ1) is 12.5. The van der Waals surface area contributed by atoms with E-state index >= 15 is 0 Å². The summed E-state index contributed by atoms with van der Waals surface area (Å²) < 4.78 is 5.41. The van der Waals surface area contributed by atoms with Gasteiger partial charge in [0.25, 0.3) is 5.69 Å². The van der Waals surface area contributed by atoms with E-state index in [1.807, 2.05) is 37.3 Å². The lowest BCUT2D eigenvalue weighted by molar-refractivity contribution is -0.384. The summed E-state index contributed by atoms with van der Waals surface area (Å²) in [5, 5.41) is 10.8. The van der Waals surface area contributed by atoms with E-state index in [2.05, 4.69) is 0 Å². The van der Waals surface area contributed by atoms with Gasteiger partial charge in [0.1, 0.15) is 6.61 Å². The molecule has 134 valence electrons. The maximum Gasteiger partial charge on any atom is 0.410 e. The molecule has 3 rings (SSSR count). The van der Waals surface area contributed by atoms with Gasteiger partial charge >= 0.3 is 6.09 Å². The number of rotatable bonds is 4. The maximum atomic E-state index is 12.4. The van der Waals surface area contributed by atoms with Crippen molar-refractivity contribution in [2.75, 3.05) is 13.1 Å². The first-order valence-electron chi connectivity index (χ1n) is 8.43. The molecule has 0 fully saturated rings. The van der Waals surface area contributed by atoms with Crippen molar-refractivity contribution in [3.8, 4) is 0 Å². The van der Waals surface area contributed by atoms with Crippen molar-refractivity contribution < 1.29 is 14.5 Å². The fourth-order valence-electron chi connectivity index (χ4n) is 2.95. The molecule has 0 spiro atoms. The number of hydrogen-bond donors (Lipinski definition) is 0. The molecule has 0 aliphatic carbocycles. The van der Waals surface area contributed by atoms with Crippen LogP contribution in [0.1, 0.15) is 24.5 Å². The molecule has 6 heteroatoms. The zero-order valence-electron chi connectivity index (χ0n) is 14.6. The van der Waals surface area contributed by atoms with E-state index in [4.69, 9.17) is 4.74 Å². The number of non-ortho nitro benzene ring substituents is 1. The Morgan fingerprint density at radius 3 is 2.50 bits per heavy atom. The van der Waals surface area contributed by atoms with Crippen molar-refractivity contribution in [1.82, 2.24) is 4.90 Å². The quantitative estimate of drug-likeness (QED) is 0.603. The number of nitro groups is 1. The van der Waals surface area contributed by atoms with E-state index in [9.17, 15) is 14.9 Å². The first-order valence-corrected chi connectivity index (χ1v) is 8.43. The van der Waals surface area contributed by atoms with Crippen LogP contribution in [0.5, 0.6) is 0 Å². The molecule has 0 bridgehead atoms. The van der Waals surface area contributed by atoms with Crippen LogP contribution in [0.15, 0.2) is 60.2 Å². The zero-order chi connectivity index (χ0) is 18.5. The Hall–Kier alpha value is -3.15. The number of nitrogens with zero attached hydrogens (tertiary/aromatic N) is 2. The summed E-state index contributed by atoms with van der Waals surface area (Å²) in [5.41, 5.74) is 4.10. The number of carbonyl (C=O) groups excluding carboxylic acids is 1. The van der Waals surface area contributed by atoms with Crippen LogP contribution < -0.4 is 0 Å². The minimum atomic E-state index is -0.418. The molecular weight excluding hydrogens is 332 g/mol. The third kappa shape index (κ3) is 4.08. The van der Waals surface area contributed by atoms with Crippen LogP contribution in [0.4, 0.5) is 10.5 Å². The second-order valence-corrected chi connectivity index (χ2v) is 6.27. The standard InChI is InChI=1S/C20H20N2O4/c1-15-11-12-21(20(23)26-14-16-5-3-2-4-6-16)13-19(15)17-7-9-18(10-8-17)22(24)25/h2-10H,11-14H2,1H3. The lowest BCUT2D eigenvalue weighted by atomic mass is 9.95. The molecule has 2 aromatic rings. The van der Waals surface area contributed by atoms with Crippen LogP contribution in [0.25, 0.3) is 5.57 Å². The second-order valence-electron chi connectivity index (χ2n) is 6.27. The molecule has 0 aromatic heterocycles. The highest BCUT2D eigenvalue weighted by molar-refractivity contribution is 5.77. The Morgan fingerprint density at radius 2 is 1.85 bits per heavy atom. The van der Waals surface area contributed by atoms with Gasteiger partial charge in [0.15, 0.2) is 0 Å². The second kappa shape index (κ2) is 7.82. The molecule has 1 heterocycles. The van der Waals surface area contributed by atoms with Crippen molar-refractivity contribution in [1.29, 1.82) is 0 Å². The van der Waals surface area contributed by atoms with Crippen molar-refractivity contribution >= 4 is 17.4 Å². The number of hydrogen-bond acceptors (Lipinski definition) is 4. The van der Waals surface area contributed by atoms with Gasteiger partial charge in [-0.3, -0.25) is 10.1 Å². The fraction of sp³-hybridized carbons (Fsp3) is 0.250. The molecule has 0 saturated carbocycles. The summed E-state index contributed by atoms with van der Waals surface area (Å²) in [6.45, 7) is 3.32. The predicted molar refractivity (Wildman–Crippen MR) is 98.5 cm³/mol. The Bertz CT molecular complexity index is 829. The molecule has 0 N–H and O–H groups in total. The van der Waals surface area contributed by atoms with Crippen LogP contribution in [-0.2, 0) is 11.3 Å². The highest BCUT2D eigenvalue weighted by Gasteiger charge is 2.23. The normalized spacial score (nSPS) is 14.3. The molecule has 0 saturated heterocycles.